The Morgan fingerprint density at radius 2 is 2.07 bits per heavy atom. The molecule has 1 aromatic heterocycles. The van der Waals surface area contributed by atoms with Gasteiger partial charge in [0.1, 0.15) is 11.4 Å². The number of nitriles is 1. The SMILES string of the molecule is N#CCCCOc1cccc(NC(=O)c2cc(-c3cccc(Cl)c3)n[nH]2)c1. The van der Waals surface area contributed by atoms with E-state index in [4.69, 9.17) is 21.6 Å². The van der Waals surface area contributed by atoms with Gasteiger partial charge in [0, 0.05) is 28.8 Å². The zero-order valence-electron chi connectivity index (χ0n) is 14.4. The molecule has 0 aliphatic heterocycles. The van der Waals surface area contributed by atoms with E-state index in [0.29, 0.717) is 47.3 Å². The van der Waals surface area contributed by atoms with Gasteiger partial charge in [-0.15, -0.1) is 0 Å². The van der Waals surface area contributed by atoms with Gasteiger partial charge in [0.05, 0.1) is 18.4 Å². The summed E-state index contributed by atoms with van der Waals surface area (Å²) in [6.45, 7) is 0.453. The number of hydrogen-bond donors (Lipinski definition) is 2. The van der Waals surface area contributed by atoms with Crippen LogP contribution in [-0.4, -0.2) is 22.7 Å². The number of ether oxygens (including phenoxy) is 1. The fraction of sp³-hybridized carbons (Fsp3) is 0.150. The summed E-state index contributed by atoms with van der Waals surface area (Å²) >= 11 is 5.99. The van der Waals surface area contributed by atoms with Crippen molar-refractivity contribution in [2.45, 2.75) is 12.8 Å². The monoisotopic (exact) mass is 380 g/mol. The fourth-order valence-electron chi connectivity index (χ4n) is 2.44. The average molecular weight is 381 g/mol. The van der Waals surface area contributed by atoms with Crippen LogP contribution in [0.4, 0.5) is 5.69 Å². The van der Waals surface area contributed by atoms with Gasteiger partial charge in [-0.05, 0) is 36.8 Å². The van der Waals surface area contributed by atoms with Gasteiger partial charge >= 0.3 is 0 Å². The number of amides is 1. The van der Waals surface area contributed by atoms with Crippen molar-refractivity contribution in [3.05, 3.63) is 65.3 Å². The maximum Gasteiger partial charge on any atom is 0.273 e. The van der Waals surface area contributed by atoms with E-state index in [-0.39, 0.29) is 5.91 Å². The molecule has 2 aromatic carbocycles. The molecule has 0 unspecified atom stereocenters. The van der Waals surface area contributed by atoms with E-state index in [1.165, 1.54) is 0 Å². The quantitative estimate of drug-likeness (QED) is 0.583. The Kier molecular flexibility index (Phi) is 6.08. The molecule has 0 bridgehead atoms. The molecule has 0 atom stereocenters. The minimum atomic E-state index is -0.308. The molecule has 3 rings (SSSR count). The molecule has 0 radical (unpaired) electrons. The number of nitrogens with zero attached hydrogens (tertiary/aromatic N) is 2. The van der Waals surface area contributed by atoms with Crippen LogP contribution in [0.2, 0.25) is 5.02 Å². The number of carbonyl (C=O) groups excluding carboxylic acids is 1. The first-order valence-electron chi connectivity index (χ1n) is 8.38. The molecule has 1 heterocycles. The number of aromatic amines is 1. The normalized spacial score (nSPS) is 10.2. The lowest BCUT2D eigenvalue weighted by Gasteiger charge is -2.08. The smallest absolute Gasteiger partial charge is 0.273 e. The van der Waals surface area contributed by atoms with Crippen LogP contribution in [0.5, 0.6) is 5.75 Å². The number of halogens is 1. The van der Waals surface area contributed by atoms with E-state index in [1.54, 1.807) is 42.5 Å². The van der Waals surface area contributed by atoms with Gasteiger partial charge in [-0.2, -0.15) is 10.4 Å². The van der Waals surface area contributed by atoms with Crippen LogP contribution >= 0.6 is 11.6 Å². The lowest BCUT2D eigenvalue weighted by atomic mass is 10.1. The highest BCUT2D eigenvalue weighted by molar-refractivity contribution is 6.30. The molecule has 0 saturated heterocycles. The Balaban J connectivity index is 1.65. The predicted octanol–water partition coefficient (Wildman–Crippen LogP) is 4.66. The second kappa shape index (κ2) is 8.88. The van der Waals surface area contributed by atoms with Crippen LogP contribution in [0.3, 0.4) is 0 Å². The van der Waals surface area contributed by atoms with Crippen molar-refractivity contribution in [1.29, 1.82) is 5.26 Å². The van der Waals surface area contributed by atoms with E-state index in [1.807, 2.05) is 12.1 Å². The first-order chi connectivity index (χ1) is 13.2. The number of hydrogen-bond acceptors (Lipinski definition) is 4. The third-order valence-corrected chi connectivity index (χ3v) is 3.97. The molecule has 0 aliphatic carbocycles. The highest BCUT2D eigenvalue weighted by atomic mass is 35.5. The summed E-state index contributed by atoms with van der Waals surface area (Å²) in [6, 6.07) is 18.1. The Morgan fingerprint density at radius 3 is 2.89 bits per heavy atom. The summed E-state index contributed by atoms with van der Waals surface area (Å²) in [5.74, 6) is 0.326. The minimum absolute atomic E-state index is 0.308. The molecule has 0 saturated carbocycles. The molecule has 7 heteroatoms. The van der Waals surface area contributed by atoms with Crippen molar-refractivity contribution in [2.75, 3.05) is 11.9 Å². The van der Waals surface area contributed by atoms with Gasteiger partial charge in [-0.3, -0.25) is 9.89 Å². The second-order valence-corrected chi connectivity index (χ2v) is 6.21. The summed E-state index contributed by atoms with van der Waals surface area (Å²) < 4.78 is 5.57. The Bertz CT molecular complexity index is 978. The van der Waals surface area contributed by atoms with E-state index >= 15 is 0 Å². The molecule has 6 nitrogen and oxygen atoms in total. The fourth-order valence-corrected chi connectivity index (χ4v) is 2.63. The number of carbonyl (C=O) groups is 1. The van der Waals surface area contributed by atoms with Crippen molar-refractivity contribution < 1.29 is 9.53 Å². The van der Waals surface area contributed by atoms with Crippen LogP contribution < -0.4 is 10.1 Å². The third kappa shape index (κ3) is 5.09. The van der Waals surface area contributed by atoms with E-state index in [2.05, 4.69) is 21.6 Å². The molecular formula is C20H17ClN4O2. The van der Waals surface area contributed by atoms with Crippen LogP contribution in [0, 0.1) is 11.3 Å². The average Bonchev–Trinajstić information content (AvgIpc) is 3.16. The minimum Gasteiger partial charge on any atom is -0.493 e. The van der Waals surface area contributed by atoms with E-state index < -0.39 is 0 Å². The van der Waals surface area contributed by atoms with Gasteiger partial charge in [-0.1, -0.05) is 29.8 Å². The molecule has 1 amide bonds. The number of nitrogens with one attached hydrogen (secondary N) is 2. The van der Waals surface area contributed by atoms with Crippen molar-refractivity contribution in [2.24, 2.45) is 0 Å². The van der Waals surface area contributed by atoms with Crippen molar-refractivity contribution in [3.63, 3.8) is 0 Å². The summed E-state index contributed by atoms with van der Waals surface area (Å²) in [6.07, 6.45) is 1.11. The number of aromatic nitrogens is 2. The van der Waals surface area contributed by atoms with Gasteiger partial charge < -0.3 is 10.1 Å². The molecule has 27 heavy (non-hydrogen) atoms. The first-order valence-corrected chi connectivity index (χ1v) is 8.76. The molecule has 3 aromatic rings. The maximum atomic E-state index is 12.5. The number of anilines is 1. The summed E-state index contributed by atoms with van der Waals surface area (Å²) in [5, 5.41) is 18.9. The zero-order chi connectivity index (χ0) is 19.1. The zero-order valence-corrected chi connectivity index (χ0v) is 15.2. The van der Waals surface area contributed by atoms with Crippen LogP contribution in [0.1, 0.15) is 23.3 Å². The van der Waals surface area contributed by atoms with E-state index in [0.717, 1.165) is 5.56 Å². The standard InChI is InChI=1S/C20H17ClN4O2/c21-15-6-3-5-14(11-15)18-13-19(25-24-18)20(26)23-16-7-4-8-17(12-16)27-10-2-1-9-22/h3-8,11-13H,1-2,10H2,(H,23,26)(H,24,25). The Hall–Kier alpha value is -3.30. The molecule has 136 valence electrons. The predicted molar refractivity (Wildman–Crippen MR) is 104 cm³/mol. The van der Waals surface area contributed by atoms with Crippen LogP contribution in [0.25, 0.3) is 11.3 Å². The lowest BCUT2D eigenvalue weighted by Crippen LogP contribution is -2.12. The van der Waals surface area contributed by atoms with Crippen molar-refractivity contribution in [3.8, 4) is 23.1 Å². The number of benzene rings is 2. The lowest BCUT2D eigenvalue weighted by molar-refractivity contribution is 0.102. The van der Waals surface area contributed by atoms with Gasteiger partial charge in [0.15, 0.2) is 0 Å². The van der Waals surface area contributed by atoms with Gasteiger partial charge in [0.25, 0.3) is 5.91 Å². The summed E-state index contributed by atoms with van der Waals surface area (Å²) in [5.41, 5.74) is 2.41. The summed E-state index contributed by atoms with van der Waals surface area (Å²) in [7, 11) is 0. The Labute approximate surface area is 161 Å². The molecule has 0 spiro atoms. The molecule has 0 aliphatic rings. The number of unbranched alkanes of at least 4 members (excludes halogenated alkanes) is 1. The topological polar surface area (TPSA) is 90.8 Å². The summed E-state index contributed by atoms with van der Waals surface area (Å²) in [4.78, 5) is 12.5. The third-order valence-electron chi connectivity index (χ3n) is 3.74. The first kappa shape index (κ1) is 18.5. The molecular weight excluding hydrogens is 364 g/mol. The Morgan fingerprint density at radius 1 is 1.22 bits per heavy atom. The number of rotatable bonds is 7. The largest absolute Gasteiger partial charge is 0.493 e. The highest BCUT2D eigenvalue weighted by Crippen LogP contribution is 2.22. The van der Waals surface area contributed by atoms with Crippen LogP contribution in [0.15, 0.2) is 54.6 Å². The van der Waals surface area contributed by atoms with Gasteiger partial charge in [-0.25, -0.2) is 0 Å². The molecule has 0 fully saturated rings. The highest BCUT2D eigenvalue weighted by Gasteiger charge is 2.12. The van der Waals surface area contributed by atoms with Crippen molar-refractivity contribution >= 4 is 23.2 Å². The van der Waals surface area contributed by atoms with Gasteiger partial charge in [0.2, 0.25) is 0 Å². The van der Waals surface area contributed by atoms with Crippen molar-refractivity contribution in [1.82, 2.24) is 10.2 Å². The second-order valence-electron chi connectivity index (χ2n) is 5.77. The molecule has 2 N–H and O–H groups in total. The maximum absolute atomic E-state index is 12.5. The van der Waals surface area contributed by atoms with Crippen LogP contribution in [-0.2, 0) is 0 Å². The van der Waals surface area contributed by atoms with E-state index in [9.17, 15) is 4.79 Å². The number of H-pyrrole nitrogens is 1.